The van der Waals surface area contributed by atoms with E-state index in [0.29, 0.717) is 0 Å². The van der Waals surface area contributed by atoms with Crippen molar-refractivity contribution in [2.24, 2.45) is 0 Å². The lowest BCUT2D eigenvalue weighted by molar-refractivity contribution is -0.384. The predicted octanol–water partition coefficient (Wildman–Crippen LogP) is 1.36. The molecular formula is C12H14N4O3. The van der Waals surface area contributed by atoms with Gasteiger partial charge < -0.3 is 10.2 Å². The van der Waals surface area contributed by atoms with Gasteiger partial charge in [-0.15, -0.1) is 0 Å². The van der Waals surface area contributed by atoms with E-state index in [1.807, 2.05) is 6.07 Å². The summed E-state index contributed by atoms with van der Waals surface area (Å²) in [6.07, 6.45) is 0. The normalized spacial score (nSPS) is 11.3. The molecule has 0 aromatic heterocycles. The van der Waals surface area contributed by atoms with Crippen LogP contribution < -0.4 is 5.32 Å². The molecule has 100 valence electrons. The Hall–Kier alpha value is -2.62. The number of benzene rings is 1. The summed E-state index contributed by atoms with van der Waals surface area (Å²) in [5.74, 6) is -0.196. The molecule has 0 saturated heterocycles. The van der Waals surface area contributed by atoms with Gasteiger partial charge in [-0.1, -0.05) is 0 Å². The van der Waals surface area contributed by atoms with Gasteiger partial charge in [0.15, 0.2) is 0 Å². The van der Waals surface area contributed by atoms with Gasteiger partial charge in [0, 0.05) is 20.2 Å². The minimum atomic E-state index is -0.596. The number of hydrogen-bond donors (Lipinski definition) is 1. The number of nitro groups is 1. The van der Waals surface area contributed by atoms with Crippen molar-refractivity contribution in [1.82, 2.24) is 4.90 Å². The average molecular weight is 262 g/mol. The van der Waals surface area contributed by atoms with Crippen LogP contribution in [0.2, 0.25) is 0 Å². The fourth-order valence-corrected chi connectivity index (χ4v) is 1.56. The minimum absolute atomic E-state index is 0.196. The highest BCUT2D eigenvalue weighted by atomic mass is 16.6. The molecule has 19 heavy (non-hydrogen) atoms. The molecule has 0 saturated carbocycles. The van der Waals surface area contributed by atoms with Crippen molar-refractivity contribution >= 4 is 17.3 Å². The molecule has 7 nitrogen and oxygen atoms in total. The van der Waals surface area contributed by atoms with Crippen LogP contribution >= 0.6 is 0 Å². The van der Waals surface area contributed by atoms with Crippen molar-refractivity contribution < 1.29 is 9.72 Å². The molecule has 1 aromatic rings. The number of carbonyl (C=O) groups is 1. The van der Waals surface area contributed by atoms with Crippen LogP contribution in [-0.4, -0.2) is 35.9 Å². The first-order valence-corrected chi connectivity index (χ1v) is 5.53. The standard InChI is InChI=1S/C12H14N4O3/c1-8(12(17)15(2)3)14-10-5-4-9(7-13)6-11(10)16(18)19/h4-6,8,14H,1-3H3. The van der Waals surface area contributed by atoms with Crippen LogP contribution in [0.15, 0.2) is 18.2 Å². The molecule has 1 amide bonds. The molecule has 0 aliphatic carbocycles. The van der Waals surface area contributed by atoms with E-state index in [-0.39, 0.29) is 22.8 Å². The number of amides is 1. The van der Waals surface area contributed by atoms with E-state index in [4.69, 9.17) is 5.26 Å². The predicted molar refractivity (Wildman–Crippen MR) is 69.6 cm³/mol. The Morgan fingerprint density at radius 1 is 1.53 bits per heavy atom. The monoisotopic (exact) mass is 262 g/mol. The van der Waals surface area contributed by atoms with E-state index >= 15 is 0 Å². The summed E-state index contributed by atoms with van der Waals surface area (Å²) >= 11 is 0. The Labute approximate surface area is 110 Å². The van der Waals surface area contributed by atoms with Gasteiger partial charge in [0.05, 0.1) is 16.6 Å². The highest BCUT2D eigenvalue weighted by molar-refractivity contribution is 5.84. The molecule has 0 radical (unpaired) electrons. The van der Waals surface area contributed by atoms with E-state index in [9.17, 15) is 14.9 Å². The largest absolute Gasteiger partial charge is 0.368 e. The van der Waals surface area contributed by atoms with Crippen LogP contribution in [0.5, 0.6) is 0 Å². The van der Waals surface area contributed by atoms with E-state index in [1.165, 1.54) is 23.1 Å². The number of nitrogens with zero attached hydrogens (tertiary/aromatic N) is 3. The molecule has 0 spiro atoms. The third-order valence-electron chi connectivity index (χ3n) is 2.51. The van der Waals surface area contributed by atoms with Gasteiger partial charge in [0.1, 0.15) is 11.7 Å². The summed E-state index contributed by atoms with van der Waals surface area (Å²) in [5, 5.41) is 22.4. The Bertz CT molecular complexity index is 548. The Morgan fingerprint density at radius 3 is 2.63 bits per heavy atom. The highest BCUT2D eigenvalue weighted by Gasteiger charge is 2.20. The molecule has 0 aliphatic rings. The van der Waals surface area contributed by atoms with Crippen molar-refractivity contribution in [1.29, 1.82) is 5.26 Å². The number of anilines is 1. The second-order valence-electron chi connectivity index (χ2n) is 4.20. The summed E-state index contributed by atoms with van der Waals surface area (Å²) in [6.45, 7) is 1.62. The van der Waals surface area contributed by atoms with Gasteiger partial charge in [-0.25, -0.2) is 0 Å². The Kier molecular flexibility index (Phi) is 4.42. The van der Waals surface area contributed by atoms with Crippen LogP contribution in [-0.2, 0) is 4.79 Å². The SMILES string of the molecule is CC(Nc1ccc(C#N)cc1[N+](=O)[O-])C(=O)N(C)C. The maximum atomic E-state index is 11.7. The third kappa shape index (κ3) is 3.42. The minimum Gasteiger partial charge on any atom is -0.368 e. The molecule has 1 N–H and O–H groups in total. The highest BCUT2D eigenvalue weighted by Crippen LogP contribution is 2.26. The molecule has 0 bridgehead atoms. The zero-order valence-electron chi connectivity index (χ0n) is 10.9. The summed E-state index contributed by atoms with van der Waals surface area (Å²) in [4.78, 5) is 23.4. The summed E-state index contributed by atoms with van der Waals surface area (Å²) in [6, 6.07) is 5.30. The van der Waals surface area contributed by atoms with Crippen molar-refractivity contribution in [3.8, 4) is 6.07 Å². The lowest BCUT2D eigenvalue weighted by Crippen LogP contribution is -2.36. The molecule has 1 atom stereocenters. The van der Waals surface area contributed by atoms with Gasteiger partial charge in [0.2, 0.25) is 5.91 Å². The first-order chi connectivity index (χ1) is 8.86. The van der Waals surface area contributed by atoms with E-state index in [2.05, 4.69) is 5.32 Å². The van der Waals surface area contributed by atoms with Crippen LogP contribution in [0, 0.1) is 21.4 Å². The molecule has 1 unspecified atom stereocenters. The number of carbonyl (C=O) groups excluding carboxylic acids is 1. The van der Waals surface area contributed by atoms with Crippen LogP contribution in [0.4, 0.5) is 11.4 Å². The molecule has 0 fully saturated rings. The van der Waals surface area contributed by atoms with Gasteiger partial charge in [0.25, 0.3) is 5.69 Å². The van der Waals surface area contributed by atoms with Crippen molar-refractivity contribution in [3.05, 3.63) is 33.9 Å². The van der Waals surface area contributed by atoms with Crippen LogP contribution in [0.3, 0.4) is 0 Å². The molecule has 0 aliphatic heterocycles. The number of rotatable bonds is 4. The summed E-state index contributed by atoms with van der Waals surface area (Å²) < 4.78 is 0. The van der Waals surface area contributed by atoms with Crippen LogP contribution in [0.25, 0.3) is 0 Å². The van der Waals surface area contributed by atoms with E-state index in [1.54, 1.807) is 21.0 Å². The molecule has 0 heterocycles. The molecular weight excluding hydrogens is 248 g/mol. The zero-order chi connectivity index (χ0) is 14.6. The average Bonchev–Trinajstić information content (AvgIpc) is 2.37. The lowest BCUT2D eigenvalue weighted by Gasteiger charge is -2.18. The first-order valence-electron chi connectivity index (χ1n) is 5.53. The summed E-state index contributed by atoms with van der Waals surface area (Å²) in [7, 11) is 3.21. The third-order valence-corrected chi connectivity index (χ3v) is 2.51. The topological polar surface area (TPSA) is 99.3 Å². The number of nitriles is 1. The molecule has 1 aromatic carbocycles. The smallest absolute Gasteiger partial charge is 0.293 e. The number of hydrogen-bond acceptors (Lipinski definition) is 5. The maximum absolute atomic E-state index is 11.7. The van der Waals surface area contributed by atoms with Gasteiger partial charge >= 0.3 is 0 Å². The quantitative estimate of drug-likeness (QED) is 0.652. The Balaban J connectivity index is 3.05. The fourth-order valence-electron chi connectivity index (χ4n) is 1.56. The van der Waals surface area contributed by atoms with Crippen molar-refractivity contribution in [2.45, 2.75) is 13.0 Å². The molecule has 1 rings (SSSR count). The second kappa shape index (κ2) is 5.82. The van der Waals surface area contributed by atoms with Crippen molar-refractivity contribution in [3.63, 3.8) is 0 Å². The maximum Gasteiger partial charge on any atom is 0.293 e. The van der Waals surface area contributed by atoms with Crippen molar-refractivity contribution in [2.75, 3.05) is 19.4 Å². The van der Waals surface area contributed by atoms with Gasteiger partial charge in [-0.3, -0.25) is 14.9 Å². The lowest BCUT2D eigenvalue weighted by atomic mass is 10.1. The number of likely N-dealkylation sites (N-methyl/N-ethyl adjacent to an activating group) is 1. The molecule has 7 heteroatoms. The van der Waals surface area contributed by atoms with Gasteiger partial charge in [-0.2, -0.15) is 5.26 Å². The van der Waals surface area contributed by atoms with Gasteiger partial charge in [-0.05, 0) is 19.1 Å². The second-order valence-corrected chi connectivity index (χ2v) is 4.20. The summed E-state index contributed by atoms with van der Waals surface area (Å²) in [5.41, 5.74) is 0.188. The fraction of sp³-hybridized carbons (Fsp3) is 0.333. The Morgan fingerprint density at radius 2 is 2.16 bits per heavy atom. The zero-order valence-corrected chi connectivity index (χ0v) is 10.9. The van der Waals surface area contributed by atoms with Crippen LogP contribution in [0.1, 0.15) is 12.5 Å². The number of nitro benzene ring substituents is 1. The first kappa shape index (κ1) is 14.4. The number of nitrogens with one attached hydrogen (secondary N) is 1. The van der Waals surface area contributed by atoms with E-state index < -0.39 is 11.0 Å². The van der Waals surface area contributed by atoms with E-state index in [0.717, 1.165) is 0 Å².